The number of carbonyl (C=O) groups excluding carboxylic acids is 1. The van der Waals surface area contributed by atoms with Crippen molar-refractivity contribution in [1.29, 1.82) is 0 Å². The lowest BCUT2D eigenvalue weighted by Gasteiger charge is -2.05. The number of rotatable bonds is 7. The molecular formula is C26H21N5O3. The summed E-state index contributed by atoms with van der Waals surface area (Å²) in [6.07, 6.45) is 1.90. The van der Waals surface area contributed by atoms with E-state index >= 15 is 0 Å². The second-order valence-electron chi connectivity index (χ2n) is 7.62. The zero-order chi connectivity index (χ0) is 23.3. The molecule has 0 spiro atoms. The average molecular weight is 451 g/mol. The summed E-state index contributed by atoms with van der Waals surface area (Å²) in [6, 6.07) is 28.6. The van der Waals surface area contributed by atoms with Crippen molar-refractivity contribution in [3.63, 3.8) is 0 Å². The first-order chi connectivity index (χ1) is 16.7. The molecule has 0 aliphatic carbocycles. The highest BCUT2D eigenvalue weighted by atomic mass is 16.4. The molecule has 0 unspecified atom stereocenters. The average Bonchev–Trinajstić information content (AvgIpc) is 3.48. The maximum atomic E-state index is 12.6. The molecular weight excluding hydrogens is 430 g/mol. The first-order valence-corrected chi connectivity index (χ1v) is 10.8. The van der Waals surface area contributed by atoms with Gasteiger partial charge in [0.1, 0.15) is 6.54 Å². The topological polar surface area (TPSA) is 95.0 Å². The predicted octanol–water partition coefficient (Wildman–Crippen LogP) is 3.67. The van der Waals surface area contributed by atoms with Crippen molar-refractivity contribution in [3.05, 3.63) is 113 Å². The highest BCUT2D eigenvalue weighted by Gasteiger charge is 2.16. The van der Waals surface area contributed by atoms with Crippen LogP contribution in [0.4, 0.5) is 0 Å². The van der Waals surface area contributed by atoms with Gasteiger partial charge in [0.05, 0.1) is 11.4 Å². The van der Waals surface area contributed by atoms with Gasteiger partial charge >= 0.3 is 5.76 Å². The summed E-state index contributed by atoms with van der Waals surface area (Å²) in [4.78, 5) is 24.8. The largest absolute Gasteiger partial charge is 0.437 e. The van der Waals surface area contributed by atoms with E-state index in [0.717, 1.165) is 27.2 Å². The molecule has 1 amide bonds. The molecule has 0 aliphatic heterocycles. The number of para-hydroxylation sites is 1. The zero-order valence-corrected chi connectivity index (χ0v) is 18.2. The standard InChI is InChI=1S/C26H21N5O3/c32-23(18-31-26(33)34-25(29-31)20-12-6-2-7-13-20)27-16-21-17-30(22-14-8-3-9-15-22)28-24(21)19-10-4-1-5-11-19/h1-15,17H,16,18H2,(H,27,32). The molecule has 2 aromatic heterocycles. The number of amides is 1. The van der Waals surface area contributed by atoms with Gasteiger partial charge in [-0.3, -0.25) is 4.79 Å². The Morgan fingerprint density at radius 2 is 1.44 bits per heavy atom. The van der Waals surface area contributed by atoms with E-state index in [0.29, 0.717) is 5.56 Å². The van der Waals surface area contributed by atoms with E-state index in [1.165, 1.54) is 0 Å². The van der Waals surface area contributed by atoms with Crippen molar-refractivity contribution < 1.29 is 9.21 Å². The molecule has 0 saturated heterocycles. The summed E-state index contributed by atoms with van der Waals surface area (Å²) in [7, 11) is 0. The summed E-state index contributed by atoms with van der Waals surface area (Å²) >= 11 is 0. The fourth-order valence-electron chi connectivity index (χ4n) is 3.58. The Hall–Kier alpha value is -4.72. The zero-order valence-electron chi connectivity index (χ0n) is 18.2. The summed E-state index contributed by atoms with van der Waals surface area (Å²) in [5.74, 6) is -0.869. The molecule has 2 heterocycles. The first kappa shape index (κ1) is 21.1. The van der Waals surface area contributed by atoms with Gasteiger partial charge in [0.15, 0.2) is 0 Å². The smallest absolute Gasteiger partial charge is 0.388 e. The molecule has 8 nitrogen and oxygen atoms in total. The minimum atomic E-state index is -0.684. The van der Waals surface area contributed by atoms with Gasteiger partial charge in [-0.2, -0.15) is 9.78 Å². The molecule has 1 N–H and O–H groups in total. The highest BCUT2D eigenvalue weighted by Crippen LogP contribution is 2.23. The van der Waals surface area contributed by atoms with Crippen molar-refractivity contribution in [2.45, 2.75) is 13.1 Å². The lowest BCUT2D eigenvalue weighted by Crippen LogP contribution is -2.31. The molecule has 5 aromatic rings. The number of benzene rings is 3. The maximum absolute atomic E-state index is 12.6. The SMILES string of the molecule is O=C(Cn1nc(-c2ccccc2)oc1=O)NCc1cn(-c2ccccc2)nc1-c1ccccc1. The number of hydrogen-bond donors (Lipinski definition) is 1. The van der Waals surface area contributed by atoms with Crippen LogP contribution in [-0.4, -0.2) is 25.5 Å². The molecule has 0 fully saturated rings. The number of nitrogens with zero attached hydrogens (tertiary/aromatic N) is 4. The fourth-order valence-corrected chi connectivity index (χ4v) is 3.58. The summed E-state index contributed by atoms with van der Waals surface area (Å²) in [5.41, 5.74) is 4.15. The molecule has 5 rings (SSSR count). The molecule has 8 heteroatoms. The van der Waals surface area contributed by atoms with Gasteiger partial charge in [-0.25, -0.2) is 9.48 Å². The van der Waals surface area contributed by atoms with E-state index in [-0.39, 0.29) is 24.9 Å². The maximum Gasteiger partial charge on any atom is 0.437 e. The van der Waals surface area contributed by atoms with Crippen LogP contribution in [0.5, 0.6) is 0 Å². The fraction of sp³-hybridized carbons (Fsp3) is 0.0769. The Morgan fingerprint density at radius 1 is 0.824 bits per heavy atom. The molecule has 3 aromatic carbocycles. The van der Waals surface area contributed by atoms with Crippen molar-refractivity contribution in [3.8, 4) is 28.4 Å². The molecule has 0 atom stereocenters. The quantitative estimate of drug-likeness (QED) is 0.407. The number of carbonyl (C=O) groups is 1. The molecule has 0 saturated carbocycles. The first-order valence-electron chi connectivity index (χ1n) is 10.8. The molecule has 0 radical (unpaired) electrons. The molecule has 168 valence electrons. The van der Waals surface area contributed by atoms with Crippen LogP contribution in [0.1, 0.15) is 5.56 Å². The lowest BCUT2D eigenvalue weighted by molar-refractivity contribution is -0.122. The van der Waals surface area contributed by atoms with Gasteiger partial charge in [-0.15, -0.1) is 5.10 Å². The van der Waals surface area contributed by atoms with Gasteiger partial charge in [-0.1, -0.05) is 66.7 Å². The Balaban J connectivity index is 1.34. The second-order valence-corrected chi connectivity index (χ2v) is 7.62. The van der Waals surface area contributed by atoms with Crippen molar-refractivity contribution in [2.24, 2.45) is 0 Å². The van der Waals surface area contributed by atoms with E-state index in [2.05, 4.69) is 10.4 Å². The Labute approximate surface area is 195 Å². The predicted molar refractivity (Wildman–Crippen MR) is 127 cm³/mol. The van der Waals surface area contributed by atoms with Crippen LogP contribution in [0.25, 0.3) is 28.4 Å². The van der Waals surface area contributed by atoms with E-state index in [1.807, 2.05) is 85.1 Å². The van der Waals surface area contributed by atoms with Gasteiger partial charge in [-0.05, 0) is 24.3 Å². The van der Waals surface area contributed by atoms with E-state index < -0.39 is 5.76 Å². The highest BCUT2D eigenvalue weighted by molar-refractivity contribution is 5.76. The van der Waals surface area contributed by atoms with E-state index in [1.54, 1.807) is 16.8 Å². The Kier molecular flexibility index (Phi) is 5.85. The Morgan fingerprint density at radius 3 is 2.12 bits per heavy atom. The molecule has 34 heavy (non-hydrogen) atoms. The van der Waals surface area contributed by atoms with Gasteiger partial charge in [0.25, 0.3) is 0 Å². The van der Waals surface area contributed by atoms with Crippen LogP contribution in [-0.2, 0) is 17.9 Å². The van der Waals surface area contributed by atoms with Crippen molar-refractivity contribution in [1.82, 2.24) is 24.9 Å². The van der Waals surface area contributed by atoms with Crippen LogP contribution in [0.15, 0.2) is 106 Å². The Bertz CT molecular complexity index is 1450. The normalized spacial score (nSPS) is 10.8. The summed E-state index contributed by atoms with van der Waals surface area (Å²) in [6.45, 7) is -0.00328. The summed E-state index contributed by atoms with van der Waals surface area (Å²) < 4.78 is 8.00. The van der Waals surface area contributed by atoms with Crippen LogP contribution in [0, 0.1) is 0 Å². The molecule has 0 aliphatic rings. The van der Waals surface area contributed by atoms with E-state index in [4.69, 9.17) is 9.52 Å². The number of nitrogens with one attached hydrogen (secondary N) is 1. The van der Waals surface area contributed by atoms with Crippen LogP contribution < -0.4 is 11.1 Å². The van der Waals surface area contributed by atoms with Gasteiger partial charge < -0.3 is 9.73 Å². The third-order valence-corrected chi connectivity index (χ3v) is 5.25. The summed E-state index contributed by atoms with van der Waals surface area (Å²) in [5, 5.41) is 11.8. The van der Waals surface area contributed by atoms with Gasteiger partial charge in [0, 0.05) is 29.4 Å². The minimum absolute atomic E-state index is 0.175. The lowest BCUT2D eigenvalue weighted by atomic mass is 10.1. The number of hydrogen-bond acceptors (Lipinski definition) is 5. The third kappa shape index (κ3) is 4.56. The molecule has 0 bridgehead atoms. The van der Waals surface area contributed by atoms with Crippen LogP contribution in [0.2, 0.25) is 0 Å². The van der Waals surface area contributed by atoms with E-state index in [9.17, 15) is 9.59 Å². The van der Waals surface area contributed by atoms with Crippen molar-refractivity contribution in [2.75, 3.05) is 0 Å². The number of aromatic nitrogens is 4. The van der Waals surface area contributed by atoms with Gasteiger partial charge in [0.2, 0.25) is 11.8 Å². The van der Waals surface area contributed by atoms with Crippen molar-refractivity contribution >= 4 is 5.91 Å². The van der Waals surface area contributed by atoms with Crippen LogP contribution in [0.3, 0.4) is 0 Å². The second kappa shape index (κ2) is 9.41. The van der Waals surface area contributed by atoms with Crippen LogP contribution >= 0.6 is 0 Å². The third-order valence-electron chi connectivity index (χ3n) is 5.25. The monoisotopic (exact) mass is 451 g/mol. The minimum Gasteiger partial charge on any atom is -0.388 e.